The smallest absolute Gasteiger partial charge is 0.229 e. The maximum atomic E-state index is 13.1. The number of ether oxygens (including phenoxy) is 1. The van der Waals surface area contributed by atoms with E-state index in [-0.39, 0.29) is 29.9 Å². The molecular weight excluding hydrogens is 420 g/mol. The van der Waals surface area contributed by atoms with Gasteiger partial charge in [-0.05, 0) is 30.5 Å². The number of benzene rings is 2. The minimum Gasteiger partial charge on any atom is -0.376 e. The molecule has 1 aliphatic rings. The number of aromatic nitrogens is 1. The number of hydrogen-bond acceptors (Lipinski definition) is 6. The summed E-state index contributed by atoms with van der Waals surface area (Å²) in [5, 5.41) is 0.595. The molecule has 8 heteroatoms. The largest absolute Gasteiger partial charge is 0.376 e. The Morgan fingerprint density at radius 1 is 1.13 bits per heavy atom. The standard InChI is InChI=1S/C22H24N2O4S2/c25-21(12-14-30(26,27)16-17-7-2-1-3-8-17)24(15-18-9-6-13-28-18)22-23-19-10-4-5-11-20(19)29-22/h1-5,7-8,10-11,18H,6,9,12-16H2. The third-order valence-electron chi connectivity index (χ3n) is 5.08. The highest BCUT2D eigenvalue weighted by molar-refractivity contribution is 7.90. The average Bonchev–Trinajstić information content (AvgIpc) is 3.40. The fraction of sp³-hybridized carbons (Fsp3) is 0.364. The van der Waals surface area contributed by atoms with Gasteiger partial charge in [-0.25, -0.2) is 13.4 Å². The third kappa shape index (κ3) is 5.24. The van der Waals surface area contributed by atoms with Crippen molar-refractivity contribution in [2.24, 2.45) is 0 Å². The lowest BCUT2D eigenvalue weighted by Gasteiger charge is -2.23. The Morgan fingerprint density at radius 2 is 1.90 bits per heavy atom. The van der Waals surface area contributed by atoms with Crippen molar-refractivity contribution in [3.8, 4) is 0 Å². The van der Waals surface area contributed by atoms with Gasteiger partial charge in [0.25, 0.3) is 0 Å². The number of carbonyl (C=O) groups is 1. The van der Waals surface area contributed by atoms with Crippen LogP contribution in [0.15, 0.2) is 54.6 Å². The number of anilines is 1. The van der Waals surface area contributed by atoms with Crippen LogP contribution in [0.1, 0.15) is 24.8 Å². The normalized spacial score (nSPS) is 16.7. The lowest BCUT2D eigenvalue weighted by molar-refractivity contribution is -0.118. The molecule has 3 aromatic rings. The molecule has 0 aliphatic carbocycles. The van der Waals surface area contributed by atoms with Crippen LogP contribution in [0.5, 0.6) is 0 Å². The lowest BCUT2D eigenvalue weighted by atomic mass is 10.2. The maximum absolute atomic E-state index is 13.1. The van der Waals surface area contributed by atoms with Gasteiger partial charge < -0.3 is 4.74 Å². The molecule has 0 saturated carbocycles. The molecule has 0 spiro atoms. The van der Waals surface area contributed by atoms with E-state index in [0.29, 0.717) is 18.3 Å². The second kappa shape index (κ2) is 9.24. The molecule has 2 aromatic carbocycles. The van der Waals surface area contributed by atoms with Crippen molar-refractivity contribution in [3.05, 3.63) is 60.2 Å². The van der Waals surface area contributed by atoms with Crippen LogP contribution in [0.25, 0.3) is 10.2 Å². The summed E-state index contributed by atoms with van der Waals surface area (Å²) < 4.78 is 31.8. The first kappa shape index (κ1) is 21.0. The lowest BCUT2D eigenvalue weighted by Crippen LogP contribution is -2.38. The van der Waals surface area contributed by atoms with Gasteiger partial charge in [-0.2, -0.15) is 0 Å². The summed E-state index contributed by atoms with van der Waals surface area (Å²) in [7, 11) is -3.39. The Hall–Kier alpha value is -2.29. The molecule has 4 rings (SSSR count). The number of hydrogen-bond donors (Lipinski definition) is 0. The Morgan fingerprint density at radius 3 is 2.63 bits per heavy atom. The molecule has 0 N–H and O–H groups in total. The third-order valence-corrected chi connectivity index (χ3v) is 7.74. The van der Waals surface area contributed by atoms with Crippen LogP contribution >= 0.6 is 11.3 Å². The Bertz CT molecular complexity index is 1070. The van der Waals surface area contributed by atoms with E-state index >= 15 is 0 Å². The second-order valence-electron chi connectivity index (χ2n) is 7.43. The number of thiazole rings is 1. The van der Waals surface area contributed by atoms with Crippen molar-refractivity contribution >= 4 is 42.4 Å². The summed E-state index contributed by atoms with van der Waals surface area (Å²) in [5.74, 6) is -0.483. The van der Waals surface area contributed by atoms with Gasteiger partial charge in [-0.1, -0.05) is 53.8 Å². The zero-order chi connectivity index (χ0) is 21.0. The molecule has 1 fully saturated rings. The van der Waals surface area contributed by atoms with Gasteiger partial charge in [0.2, 0.25) is 5.91 Å². The average molecular weight is 445 g/mol. The molecule has 30 heavy (non-hydrogen) atoms. The number of para-hydroxylation sites is 1. The fourth-order valence-electron chi connectivity index (χ4n) is 3.53. The van der Waals surface area contributed by atoms with E-state index in [1.807, 2.05) is 42.5 Å². The van der Waals surface area contributed by atoms with Gasteiger partial charge in [0.15, 0.2) is 15.0 Å². The van der Waals surface area contributed by atoms with Crippen LogP contribution in [-0.2, 0) is 25.1 Å². The van der Waals surface area contributed by atoms with E-state index in [1.54, 1.807) is 17.0 Å². The highest BCUT2D eigenvalue weighted by Gasteiger charge is 2.27. The van der Waals surface area contributed by atoms with Gasteiger partial charge >= 0.3 is 0 Å². The van der Waals surface area contributed by atoms with Crippen LogP contribution in [0.3, 0.4) is 0 Å². The van der Waals surface area contributed by atoms with Crippen molar-refractivity contribution < 1.29 is 17.9 Å². The molecule has 1 atom stereocenters. The van der Waals surface area contributed by atoms with Crippen LogP contribution < -0.4 is 4.90 Å². The first-order valence-electron chi connectivity index (χ1n) is 10.0. The second-order valence-corrected chi connectivity index (χ2v) is 10.6. The molecule has 0 bridgehead atoms. The Balaban J connectivity index is 1.48. The highest BCUT2D eigenvalue weighted by atomic mass is 32.2. The highest BCUT2D eigenvalue weighted by Crippen LogP contribution is 2.30. The summed E-state index contributed by atoms with van der Waals surface area (Å²) in [5.41, 5.74) is 1.56. The number of rotatable bonds is 8. The van der Waals surface area contributed by atoms with Gasteiger partial charge in [-0.3, -0.25) is 9.69 Å². The van der Waals surface area contributed by atoms with Gasteiger partial charge in [0, 0.05) is 13.0 Å². The number of sulfone groups is 1. The summed E-state index contributed by atoms with van der Waals surface area (Å²) in [6.45, 7) is 1.09. The topological polar surface area (TPSA) is 76.6 Å². The Kier molecular flexibility index (Phi) is 6.46. The minimum absolute atomic E-state index is 0.0399. The number of nitrogens with zero attached hydrogens (tertiary/aromatic N) is 2. The molecular formula is C22H24N2O4S2. The van der Waals surface area contributed by atoms with E-state index in [1.165, 1.54) is 11.3 Å². The van der Waals surface area contributed by atoms with Crippen molar-refractivity contribution in [1.82, 2.24) is 4.98 Å². The van der Waals surface area contributed by atoms with Crippen molar-refractivity contribution in [2.45, 2.75) is 31.1 Å². The van der Waals surface area contributed by atoms with E-state index in [9.17, 15) is 13.2 Å². The zero-order valence-electron chi connectivity index (χ0n) is 16.6. The summed E-state index contributed by atoms with van der Waals surface area (Å²) in [6, 6.07) is 16.8. The first-order valence-corrected chi connectivity index (χ1v) is 12.7. The van der Waals surface area contributed by atoms with Crippen LogP contribution in [0.4, 0.5) is 5.13 Å². The fourth-order valence-corrected chi connectivity index (χ4v) is 5.85. The molecule has 1 saturated heterocycles. The van der Waals surface area contributed by atoms with Gasteiger partial charge in [0.05, 0.1) is 34.4 Å². The molecule has 1 unspecified atom stereocenters. The predicted octanol–water partition coefficient (Wildman–Crippen LogP) is 3.81. The summed E-state index contributed by atoms with van der Waals surface area (Å²) in [6.07, 6.45) is 1.75. The van der Waals surface area contributed by atoms with Crippen LogP contribution in [0.2, 0.25) is 0 Å². The van der Waals surface area contributed by atoms with E-state index in [2.05, 4.69) is 4.98 Å². The van der Waals surface area contributed by atoms with Crippen molar-refractivity contribution in [2.75, 3.05) is 23.8 Å². The van der Waals surface area contributed by atoms with E-state index < -0.39 is 9.84 Å². The maximum Gasteiger partial charge on any atom is 0.229 e. The summed E-state index contributed by atoms with van der Waals surface area (Å²) in [4.78, 5) is 19.3. The number of amides is 1. The molecule has 1 aromatic heterocycles. The monoisotopic (exact) mass is 444 g/mol. The first-order chi connectivity index (χ1) is 14.5. The molecule has 2 heterocycles. The molecule has 0 radical (unpaired) electrons. The van der Waals surface area contributed by atoms with Gasteiger partial charge in [-0.15, -0.1) is 0 Å². The molecule has 158 valence electrons. The van der Waals surface area contributed by atoms with Crippen molar-refractivity contribution in [3.63, 3.8) is 0 Å². The van der Waals surface area contributed by atoms with Crippen LogP contribution in [0, 0.1) is 0 Å². The number of carbonyl (C=O) groups excluding carboxylic acids is 1. The van der Waals surface area contributed by atoms with E-state index in [0.717, 1.165) is 28.6 Å². The molecule has 6 nitrogen and oxygen atoms in total. The van der Waals surface area contributed by atoms with Crippen molar-refractivity contribution in [1.29, 1.82) is 0 Å². The minimum atomic E-state index is -3.39. The molecule has 1 amide bonds. The van der Waals surface area contributed by atoms with Crippen LogP contribution in [-0.4, -0.2) is 44.3 Å². The van der Waals surface area contributed by atoms with E-state index in [4.69, 9.17) is 4.74 Å². The van der Waals surface area contributed by atoms with Gasteiger partial charge in [0.1, 0.15) is 0 Å². The Labute approximate surface area is 180 Å². The summed E-state index contributed by atoms with van der Waals surface area (Å²) >= 11 is 1.44. The zero-order valence-corrected chi connectivity index (χ0v) is 18.2. The quantitative estimate of drug-likeness (QED) is 0.528. The molecule has 1 aliphatic heterocycles. The SMILES string of the molecule is O=C(CCS(=O)(=O)Cc1ccccc1)N(CC1CCCO1)c1nc2ccccc2s1. The number of fused-ring (bicyclic) bond motifs is 1. The predicted molar refractivity (Wildman–Crippen MR) is 119 cm³/mol.